The maximum absolute atomic E-state index is 13.2. The van der Waals surface area contributed by atoms with E-state index in [4.69, 9.17) is 32.7 Å². The minimum atomic E-state index is -3.83. The molecular weight excluding hydrogens is 569 g/mol. The molecule has 10 nitrogen and oxygen atoms in total. The second kappa shape index (κ2) is 10.6. The first-order chi connectivity index (χ1) is 18.6. The average molecular weight is 590 g/mol. The van der Waals surface area contributed by atoms with Crippen molar-refractivity contribution in [1.29, 1.82) is 0 Å². The number of carbonyl (C=O) groups excluding carboxylic acids is 3. The van der Waals surface area contributed by atoms with Crippen LogP contribution in [0.4, 0.5) is 11.4 Å². The van der Waals surface area contributed by atoms with Gasteiger partial charge in [0.2, 0.25) is 10.0 Å². The number of nitrogens with zero attached hydrogens (tertiary/aromatic N) is 2. The molecule has 5 rings (SSSR count). The first kappa shape index (κ1) is 27.1. The zero-order valence-corrected chi connectivity index (χ0v) is 22.8. The van der Waals surface area contributed by atoms with Gasteiger partial charge in [0.05, 0.1) is 57.8 Å². The van der Waals surface area contributed by atoms with E-state index in [-0.39, 0.29) is 61.8 Å². The molecule has 3 amide bonds. The summed E-state index contributed by atoms with van der Waals surface area (Å²) in [4.78, 5) is 40.2. The van der Waals surface area contributed by atoms with E-state index in [0.717, 1.165) is 4.90 Å². The minimum absolute atomic E-state index is 0.0208. The number of hydrogen-bond donors (Lipinski definition) is 1. The summed E-state index contributed by atoms with van der Waals surface area (Å²) in [5, 5.41) is 3.10. The summed E-state index contributed by atoms with van der Waals surface area (Å²) < 4.78 is 38.1. The Balaban J connectivity index is 1.42. The second-order valence-electron chi connectivity index (χ2n) is 8.64. The standard InChI is InChI=1S/C26H21Cl2N3O7S/c1-37-23-7-4-17(39(35,36)30-8-10-38-11-9-30)14-22(23)29-24(32)15-2-5-18-19(12-15)26(34)31(25(18)33)16-3-6-20(27)21(28)13-16/h2-7,12-14H,8-11H2,1H3,(H,29,32). The third kappa shape index (κ3) is 4.99. The van der Waals surface area contributed by atoms with E-state index < -0.39 is 27.7 Å². The Morgan fingerprint density at radius 1 is 0.923 bits per heavy atom. The van der Waals surface area contributed by atoms with Crippen LogP contribution < -0.4 is 15.0 Å². The van der Waals surface area contributed by atoms with Gasteiger partial charge in [-0.05, 0) is 54.6 Å². The summed E-state index contributed by atoms with van der Waals surface area (Å²) in [7, 11) is -2.44. The molecule has 0 atom stereocenters. The van der Waals surface area contributed by atoms with Crippen LogP contribution in [0, 0.1) is 0 Å². The molecule has 13 heteroatoms. The highest BCUT2D eigenvalue weighted by Crippen LogP contribution is 2.34. The predicted octanol–water partition coefficient (Wildman–Crippen LogP) is 4.08. The Hall–Kier alpha value is -3.48. The molecule has 0 unspecified atom stereocenters. The van der Waals surface area contributed by atoms with Crippen LogP contribution in [0.2, 0.25) is 10.0 Å². The molecule has 0 spiro atoms. The highest BCUT2D eigenvalue weighted by molar-refractivity contribution is 7.89. The molecule has 2 aliphatic heterocycles. The number of sulfonamides is 1. The van der Waals surface area contributed by atoms with Crippen molar-refractivity contribution in [3.05, 3.63) is 81.3 Å². The van der Waals surface area contributed by atoms with Gasteiger partial charge in [-0.2, -0.15) is 4.31 Å². The second-order valence-corrected chi connectivity index (χ2v) is 11.4. The fraction of sp³-hybridized carbons (Fsp3) is 0.192. The summed E-state index contributed by atoms with van der Waals surface area (Å²) in [6, 6.07) is 12.6. The first-order valence-corrected chi connectivity index (χ1v) is 13.9. The van der Waals surface area contributed by atoms with Crippen molar-refractivity contribution in [2.75, 3.05) is 43.6 Å². The lowest BCUT2D eigenvalue weighted by molar-refractivity contribution is 0.0730. The number of imide groups is 1. The van der Waals surface area contributed by atoms with E-state index in [2.05, 4.69) is 5.32 Å². The number of amides is 3. The molecule has 1 saturated heterocycles. The Kier molecular flexibility index (Phi) is 7.36. The molecule has 0 aromatic heterocycles. The fourth-order valence-electron chi connectivity index (χ4n) is 4.32. The van der Waals surface area contributed by atoms with Gasteiger partial charge in [-0.3, -0.25) is 14.4 Å². The van der Waals surface area contributed by atoms with Crippen molar-refractivity contribution in [3.8, 4) is 5.75 Å². The van der Waals surface area contributed by atoms with Crippen LogP contribution in [0.3, 0.4) is 0 Å². The summed E-state index contributed by atoms with van der Waals surface area (Å²) >= 11 is 12.0. The molecule has 0 saturated carbocycles. The van der Waals surface area contributed by atoms with Gasteiger partial charge in [-0.15, -0.1) is 0 Å². The smallest absolute Gasteiger partial charge is 0.266 e. The molecular formula is C26H21Cl2N3O7S. The number of fused-ring (bicyclic) bond motifs is 1. The maximum Gasteiger partial charge on any atom is 0.266 e. The number of benzene rings is 3. The van der Waals surface area contributed by atoms with Gasteiger partial charge in [-0.25, -0.2) is 13.3 Å². The Bertz CT molecular complexity index is 1620. The summed E-state index contributed by atoms with van der Waals surface area (Å²) in [6.45, 7) is 1.02. The van der Waals surface area contributed by atoms with Gasteiger partial charge < -0.3 is 14.8 Å². The molecule has 0 bridgehead atoms. The van der Waals surface area contributed by atoms with Gasteiger partial charge in [0.25, 0.3) is 17.7 Å². The van der Waals surface area contributed by atoms with E-state index >= 15 is 0 Å². The number of morpholine rings is 1. The zero-order chi connectivity index (χ0) is 27.9. The SMILES string of the molecule is COc1ccc(S(=O)(=O)N2CCOCC2)cc1NC(=O)c1ccc2c(c1)C(=O)N(c1ccc(Cl)c(Cl)c1)C2=O. The van der Waals surface area contributed by atoms with Gasteiger partial charge in [0.15, 0.2) is 0 Å². The van der Waals surface area contributed by atoms with Gasteiger partial charge in [0.1, 0.15) is 5.75 Å². The molecule has 1 fully saturated rings. The molecule has 3 aromatic rings. The number of halogens is 2. The fourth-order valence-corrected chi connectivity index (χ4v) is 6.04. The first-order valence-electron chi connectivity index (χ1n) is 11.7. The van der Waals surface area contributed by atoms with Crippen LogP contribution in [0.15, 0.2) is 59.5 Å². The molecule has 3 aromatic carbocycles. The third-order valence-corrected chi connectivity index (χ3v) is 8.97. The van der Waals surface area contributed by atoms with Crippen molar-refractivity contribution in [3.63, 3.8) is 0 Å². The largest absolute Gasteiger partial charge is 0.495 e. The lowest BCUT2D eigenvalue weighted by atomic mass is 10.1. The van der Waals surface area contributed by atoms with E-state index in [0.29, 0.717) is 13.2 Å². The van der Waals surface area contributed by atoms with Crippen LogP contribution in [0.25, 0.3) is 0 Å². The molecule has 2 aliphatic rings. The minimum Gasteiger partial charge on any atom is -0.495 e. The van der Waals surface area contributed by atoms with Crippen LogP contribution in [-0.4, -0.2) is 63.9 Å². The molecule has 2 heterocycles. The van der Waals surface area contributed by atoms with E-state index in [1.807, 2.05) is 0 Å². The Morgan fingerprint density at radius 2 is 1.64 bits per heavy atom. The summed E-state index contributed by atoms with van der Waals surface area (Å²) in [5.74, 6) is -1.59. The molecule has 202 valence electrons. The Labute approximate surface area is 234 Å². The quantitative estimate of drug-likeness (QED) is 0.430. The van der Waals surface area contributed by atoms with Crippen LogP contribution >= 0.6 is 23.2 Å². The van der Waals surface area contributed by atoms with Crippen LogP contribution in [0.5, 0.6) is 5.75 Å². The van der Waals surface area contributed by atoms with Crippen molar-refractivity contribution < 1.29 is 32.3 Å². The maximum atomic E-state index is 13.2. The van der Waals surface area contributed by atoms with E-state index in [1.54, 1.807) is 0 Å². The zero-order valence-electron chi connectivity index (χ0n) is 20.4. The van der Waals surface area contributed by atoms with Crippen molar-refractivity contribution in [1.82, 2.24) is 4.31 Å². The molecule has 0 radical (unpaired) electrons. The summed E-state index contributed by atoms with van der Waals surface area (Å²) in [5.41, 5.74) is 0.601. The predicted molar refractivity (Wildman–Crippen MR) is 145 cm³/mol. The van der Waals surface area contributed by atoms with E-state index in [9.17, 15) is 22.8 Å². The number of nitrogens with one attached hydrogen (secondary N) is 1. The normalized spacial score (nSPS) is 15.8. The third-order valence-electron chi connectivity index (χ3n) is 6.34. The van der Waals surface area contributed by atoms with Gasteiger partial charge >= 0.3 is 0 Å². The number of anilines is 2. The number of carbonyl (C=O) groups is 3. The number of methoxy groups -OCH3 is 1. The highest BCUT2D eigenvalue weighted by Gasteiger charge is 2.37. The summed E-state index contributed by atoms with van der Waals surface area (Å²) in [6.07, 6.45) is 0. The molecule has 39 heavy (non-hydrogen) atoms. The van der Waals surface area contributed by atoms with Gasteiger partial charge in [-0.1, -0.05) is 23.2 Å². The lowest BCUT2D eigenvalue weighted by Gasteiger charge is -2.26. The average Bonchev–Trinajstić information content (AvgIpc) is 3.19. The topological polar surface area (TPSA) is 122 Å². The lowest BCUT2D eigenvalue weighted by Crippen LogP contribution is -2.40. The van der Waals surface area contributed by atoms with E-state index in [1.165, 1.54) is 66.0 Å². The van der Waals surface area contributed by atoms with Crippen molar-refractivity contribution >= 4 is 62.3 Å². The highest BCUT2D eigenvalue weighted by atomic mass is 35.5. The molecule has 1 N–H and O–H groups in total. The number of rotatable bonds is 6. The Morgan fingerprint density at radius 3 is 2.33 bits per heavy atom. The van der Waals surface area contributed by atoms with Crippen LogP contribution in [-0.2, 0) is 14.8 Å². The molecule has 0 aliphatic carbocycles. The van der Waals surface area contributed by atoms with Crippen LogP contribution in [0.1, 0.15) is 31.1 Å². The monoisotopic (exact) mass is 589 g/mol. The van der Waals surface area contributed by atoms with Crippen molar-refractivity contribution in [2.24, 2.45) is 0 Å². The number of ether oxygens (including phenoxy) is 2. The van der Waals surface area contributed by atoms with Crippen molar-refractivity contribution in [2.45, 2.75) is 4.90 Å². The number of hydrogen-bond acceptors (Lipinski definition) is 7. The van der Waals surface area contributed by atoms with Gasteiger partial charge in [0, 0.05) is 18.7 Å².